The molecule has 5 heteroatoms. The molecule has 4 rings (SSSR count). The van der Waals surface area contributed by atoms with Crippen LogP contribution in [0.25, 0.3) is 0 Å². The van der Waals surface area contributed by atoms with Crippen LogP contribution >= 0.6 is 0 Å². The Balaban J connectivity index is 1.42. The second-order valence-electron chi connectivity index (χ2n) is 7.31. The second-order valence-corrected chi connectivity index (χ2v) is 7.31. The van der Waals surface area contributed by atoms with Gasteiger partial charge in [0.25, 0.3) is 0 Å². The van der Waals surface area contributed by atoms with E-state index in [1.165, 1.54) is 18.4 Å². The van der Waals surface area contributed by atoms with E-state index in [9.17, 15) is 0 Å². The van der Waals surface area contributed by atoms with Crippen LogP contribution in [0.1, 0.15) is 25.3 Å². The number of hydrogen-bond acceptors (Lipinski definition) is 5. The maximum absolute atomic E-state index is 4.83. The Morgan fingerprint density at radius 2 is 1.64 bits per heavy atom. The summed E-state index contributed by atoms with van der Waals surface area (Å²) >= 11 is 0. The third-order valence-corrected chi connectivity index (χ3v) is 5.46. The molecule has 0 N–H and O–H groups in total. The number of benzene rings is 2. The van der Waals surface area contributed by atoms with Gasteiger partial charge in [-0.2, -0.15) is 10.1 Å². The Hall–Kier alpha value is -2.95. The van der Waals surface area contributed by atoms with Gasteiger partial charge in [-0.3, -0.25) is 0 Å². The van der Waals surface area contributed by atoms with Gasteiger partial charge in [0.05, 0.1) is 6.20 Å². The zero-order valence-electron chi connectivity index (χ0n) is 16.4. The molecule has 1 aliphatic rings. The minimum absolute atomic E-state index is 0.728. The fourth-order valence-electron chi connectivity index (χ4n) is 3.92. The van der Waals surface area contributed by atoms with Gasteiger partial charge in [-0.1, -0.05) is 48.5 Å². The lowest BCUT2D eigenvalue weighted by Gasteiger charge is -2.32. The van der Waals surface area contributed by atoms with Gasteiger partial charge in [-0.25, -0.2) is 0 Å². The summed E-state index contributed by atoms with van der Waals surface area (Å²) in [7, 11) is 0. The van der Waals surface area contributed by atoms with Crippen LogP contribution in [0.15, 0.2) is 66.9 Å². The number of hydrogen-bond donors (Lipinski definition) is 0. The van der Waals surface area contributed by atoms with Crippen LogP contribution < -0.4 is 9.80 Å². The highest BCUT2D eigenvalue weighted by Crippen LogP contribution is 2.26. The van der Waals surface area contributed by atoms with Crippen LogP contribution in [0.4, 0.5) is 17.5 Å². The maximum Gasteiger partial charge on any atom is 0.247 e. The molecule has 0 bridgehead atoms. The van der Waals surface area contributed by atoms with E-state index in [0.29, 0.717) is 0 Å². The normalized spacial score (nSPS) is 14.8. The average molecular weight is 374 g/mol. The SMILES string of the molecule is CCN(c1ccccc1)c1cnnc(N2CCC(Cc3ccccc3)CC2)n1. The molecular formula is C23H27N5. The highest BCUT2D eigenvalue weighted by molar-refractivity contribution is 5.59. The molecule has 2 heterocycles. The molecule has 1 aromatic heterocycles. The van der Waals surface area contributed by atoms with Crippen molar-refractivity contribution in [3.05, 3.63) is 72.4 Å². The third kappa shape index (κ3) is 4.30. The summed E-state index contributed by atoms with van der Waals surface area (Å²) in [5.41, 5.74) is 2.56. The minimum Gasteiger partial charge on any atom is -0.339 e. The van der Waals surface area contributed by atoms with Crippen molar-refractivity contribution in [1.29, 1.82) is 0 Å². The molecule has 0 saturated carbocycles. The van der Waals surface area contributed by atoms with E-state index in [1.54, 1.807) is 6.20 Å². The summed E-state index contributed by atoms with van der Waals surface area (Å²) in [6.45, 7) is 4.94. The highest BCUT2D eigenvalue weighted by atomic mass is 15.3. The van der Waals surface area contributed by atoms with E-state index in [2.05, 4.69) is 69.4 Å². The molecule has 0 amide bonds. The monoisotopic (exact) mass is 373 g/mol. The summed E-state index contributed by atoms with van der Waals surface area (Å²) in [5.74, 6) is 2.32. The van der Waals surface area contributed by atoms with E-state index in [0.717, 1.165) is 49.4 Å². The van der Waals surface area contributed by atoms with Gasteiger partial charge in [0, 0.05) is 25.3 Å². The van der Waals surface area contributed by atoms with Crippen molar-refractivity contribution in [2.45, 2.75) is 26.2 Å². The largest absolute Gasteiger partial charge is 0.339 e. The van der Waals surface area contributed by atoms with Crippen LogP contribution in [0.5, 0.6) is 0 Å². The summed E-state index contributed by atoms with van der Waals surface area (Å²) < 4.78 is 0. The molecule has 3 aromatic rings. The number of para-hydroxylation sites is 1. The van der Waals surface area contributed by atoms with Gasteiger partial charge < -0.3 is 9.80 Å². The molecule has 1 aliphatic heterocycles. The van der Waals surface area contributed by atoms with Crippen molar-refractivity contribution in [3.63, 3.8) is 0 Å². The second kappa shape index (κ2) is 8.83. The van der Waals surface area contributed by atoms with E-state index in [-0.39, 0.29) is 0 Å². The maximum atomic E-state index is 4.83. The van der Waals surface area contributed by atoms with E-state index in [1.807, 2.05) is 18.2 Å². The van der Waals surface area contributed by atoms with E-state index >= 15 is 0 Å². The Morgan fingerprint density at radius 1 is 0.964 bits per heavy atom. The van der Waals surface area contributed by atoms with Gasteiger partial charge in [-0.15, -0.1) is 5.10 Å². The summed E-state index contributed by atoms with van der Waals surface area (Å²) in [6, 6.07) is 21.1. The molecule has 1 fully saturated rings. The Kier molecular flexibility index (Phi) is 5.80. The molecule has 2 aromatic carbocycles. The molecule has 0 radical (unpaired) electrons. The molecule has 28 heavy (non-hydrogen) atoms. The average Bonchev–Trinajstić information content (AvgIpc) is 2.77. The topological polar surface area (TPSA) is 45.2 Å². The van der Waals surface area contributed by atoms with Crippen molar-refractivity contribution < 1.29 is 0 Å². The fraction of sp³-hybridized carbons (Fsp3) is 0.348. The number of rotatable bonds is 6. The van der Waals surface area contributed by atoms with Crippen LogP contribution in [0.2, 0.25) is 0 Å². The van der Waals surface area contributed by atoms with Gasteiger partial charge in [0.1, 0.15) is 0 Å². The zero-order chi connectivity index (χ0) is 19.2. The van der Waals surface area contributed by atoms with E-state index in [4.69, 9.17) is 4.98 Å². The van der Waals surface area contributed by atoms with Crippen molar-refractivity contribution in [2.75, 3.05) is 29.4 Å². The smallest absolute Gasteiger partial charge is 0.247 e. The quantitative estimate of drug-likeness (QED) is 0.637. The molecular weight excluding hydrogens is 346 g/mol. The first kappa shape index (κ1) is 18.4. The Morgan fingerprint density at radius 3 is 2.32 bits per heavy atom. The number of piperidine rings is 1. The first-order valence-corrected chi connectivity index (χ1v) is 10.1. The third-order valence-electron chi connectivity index (χ3n) is 5.46. The van der Waals surface area contributed by atoms with Gasteiger partial charge in [-0.05, 0) is 49.8 Å². The van der Waals surface area contributed by atoms with Crippen molar-refractivity contribution >= 4 is 17.5 Å². The van der Waals surface area contributed by atoms with Gasteiger partial charge >= 0.3 is 0 Å². The lowest BCUT2D eigenvalue weighted by molar-refractivity contribution is 0.400. The van der Waals surface area contributed by atoms with Gasteiger partial charge in [0.15, 0.2) is 5.82 Å². The van der Waals surface area contributed by atoms with Gasteiger partial charge in [0.2, 0.25) is 5.95 Å². The molecule has 0 spiro atoms. The first-order valence-electron chi connectivity index (χ1n) is 10.1. The van der Waals surface area contributed by atoms with Crippen molar-refractivity contribution in [1.82, 2.24) is 15.2 Å². The van der Waals surface area contributed by atoms with Crippen LogP contribution in [-0.4, -0.2) is 34.8 Å². The fourth-order valence-corrected chi connectivity index (χ4v) is 3.92. The lowest BCUT2D eigenvalue weighted by atomic mass is 9.90. The van der Waals surface area contributed by atoms with Crippen LogP contribution in [0, 0.1) is 5.92 Å². The zero-order valence-corrected chi connectivity index (χ0v) is 16.4. The van der Waals surface area contributed by atoms with E-state index < -0.39 is 0 Å². The predicted molar refractivity (Wildman–Crippen MR) is 114 cm³/mol. The van der Waals surface area contributed by atoms with Crippen molar-refractivity contribution in [3.8, 4) is 0 Å². The summed E-state index contributed by atoms with van der Waals surface area (Å²) in [4.78, 5) is 9.27. The van der Waals surface area contributed by atoms with Crippen LogP contribution in [0.3, 0.4) is 0 Å². The Labute approximate surface area is 167 Å². The number of anilines is 3. The predicted octanol–water partition coefficient (Wildman–Crippen LogP) is 4.49. The van der Waals surface area contributed by atoms with Crippen LogP contribution in [-0.2, 0) is 6.42 Å². The first-order chi connectivity index (χ1) is 13.8. The standard InChI is InChI=1S/C23H27N5/c1-2-28(21-11-7-4-8-12-21)22-18-24-26-23(25-22)27-15-13-20(14-16-27)17-19-9-5-3-6-10-19/h3-12,18,20H,2,13-17H2,1H3. The number of nitrogens with zero attached hydrogens (tertiary/aromatic N) is 5. The molecule has 0 aliphatic carbocycles. The lowest BCUT2D eigenvalue weighted by Crippen LogP contribution is -2.36. The molecule has 0 unspecified atom stereocenters. The molecule has 5 nitrogen and oxygen atoms in total. The molecule has 0 atom stereocenters. The summed E-state index contributed by atoms with van der Waals surface area (Å²) in [6.07, 6.45) is 5.24. The summed E-state index contributed by atoms with van der Waals surface area (Å²) in [5, 5.41) is 8.57. The number of aromatic nitrogens is 3. The Bertz CT molecular complexity index is 860. The highest BCUT2D eigenvalue weighted by Gasteiger charge is 2.22. The molecule has 144 valence electrons. The molecule has 1 saturated heterocycles. The minimum atomic E-state index is 0.728. The van der Waals surface area contributed by atoms with Crippen molar-refractivity contribution in [2.24, 2.45) is 5.92 Å².